The fraction of sp³-hybridized carbons (Fsp3) is 0.136. The van der Waals surface area contributed by atoms with Crippen LogP contribution in [-0.4, -0.2) is 5.91 Å². The minimum absolute atomic E-state index is 0.0190. The summed E-state index contributed by atoms with van der Waals surface area (Å²) in [6, 6.07) is 21.6. The molecule has 2 aromatic heterocycles. The molecule has 0 spiro atoms. The van der Waals surface area contributed by atoms with E-state index in [1.54, 1.807) is 11.3 Å². The van der Waals surface area contributed by atoms with Gasteiger partial charge in [-0.05, 0) is 46.5 Å². The minimum Gasteiger partial charge on any atom is -0.459 e. The summed E-state index contributed by atoms with van der Waals surface area (Å²) >= 11 is 1.65. The lowest BCUT2D eigenvalue weighted by molar-refractivity contribution is -0.121. The van der Waals surface area contributed by atoms with Crippen LogP contribution in [0.5, 0.6) is 0 Å². The van der Waals surface area contributed by atoms with Crippen LogP contribution < -0.4 is 5.32 Å². The van der Waals surface area contributed by atoms with E-state index in [9.17, 15) is 4.79 Å². The Morgan fingerprint density at radius 1 is 1.04 bits per heavy atom. The van der Waals surface area contributed by atoms with Crippen molar-refractivity contribution in [1.82, 2.24) is 5.32 Å². The Labute approximate surface area is 156 Å². The maximum Gasteiger partial charge on any atom is 0.221 e. The standard InChI is InChI=1S/C22H19NO2S/c24-21(11-10-16-12-13-26-15-16)23-22(17-6-2-1-3-7-17)20-14-18-8-4-5-9-19(18)25-20/h1-9,12-15,22H,10-11H2,(H,23,24)/t22-/m0/s1. The number of thiophene rings is 1. The Balaban J connectivity index is 1.57. The summed E-state index contributed by atoms with van der Waals surface area (Å²) in [5.41, 5.74) is 3.04. The molecular weight excluding hydrogens is 342 g/mol. The summed E-state index contributed by atoms with van der Waals surface area (Å²) < 4.78 is 6.02. The first-order chi connectivity index (χ1) is 12.8. The second kappa shape index (κ2) is 7.58. The number of furan rings is 1. The molecule has 4 heteroatoms. The van der Waals surface area contributed by atoms with Crippen LogP contribution in [-0.2, 0) is 11.2 Å². The molecule has 130 valence electrons. The van der Waals surface area contributed by atoms with E-state index in [2.05, 4.69) is 16.8 Å². The van der Waals surface area contributed by atoms with Gasteiger partial charge in [0.25, 0.3) is 0 Å². The van der Waals surface area contributed by atoms with Crippen LogP contribution in [0.3, 0.4) is 0 Å². The first-order valence-electron chi connectivity index (χ1n) is 8.63. The average molecular weight is 361 g/mol. The van der Waals surface area contributed by atoms with Gasteiger partial charge < -0.3 is 9.73 Å². The van der Waals surface area contributed by atoms with Crippen molar-refractivity contribution in [2.75, 3.05) is 0 Å². The molecule has 0 radical (unpaired) electrons. The number of benzene rings is 2. The number of rotatable bonds is 6. The molecule has 4 rings (SSSR count). The second-order valence-electron chi connectivity index (χ2n) is 6.23. The molecule has 0 unspecified atom stereocenters. The first-order valence-corrected chi connectivity index (χ1v) is 9.58. The highest BCUT2D eigenvalue weighted by molar-refractivity contribution is 7.07. The normalized spacial score (nSPS) is 12.2. The van der Waals surface area contributed by atoms with Crippen LogP contribution in [0.4, 0.5) is 0 Å². The number of hydrogen-bond donors (Lipinski definition) is 1. The van der Waals surface area contributed by atoms with Crippen molar-refractivity contribution < 1.29 is 9.21 Å². The van der Waals surface area contributed by atoms with Crippen molar-refractivity contribution in [3.05, 3.63) is 94.4 Å². The molecule has 0 saturated carbocycles. The van der Waals surface area contributed by atoms with Crippen LogP contribution in [0.25, 0.3) is 11.0 Å². The van der Waals surface area contributed by atoms with E-state index in [4.69, 9.17) is 4.42 Å². The predicted octanol–water partition coefficient (Wildman–Crippen LogP) is 5.33. The van der Waals surface area contributed by atoms with Crippen LogP contribution in [0.1, 0.15) is 29.3 Å². The SMILES string of the molecule is O=C(CCc1ccsc1)N[C@@H](c1ccccc1)c1cc2ccccc2o1. The maximum absolute atomic E-state index is 12.6. The molecule has 0 fully saturated rings. The molecule has 1 N–H and O–H groups in total. The van der Waals surface area contributed by atoms with E-state index >= 15 is 0 Å². The van der Waals surface area contributed by atoms with E-state index in [1.807, 2.05) is 66.0 Å². The third-order valence-corrected chi connectivity index (χ3v) is 5.12. The molecule has 1 atom stereocenters. The van der Waals surface area contributed by atoms with Gasteiger partial charge in [0.05, 0.1) is 0 Å². The fourth-order valence-electron chi connectivity index (χ4n) is 3.03. The zero-order valence-electron chi connectivity index (χ0n) is 14.2. The zero-order valence-corrected chi connectivity index (χ0v) is 15.0. The summed E-state index contributed by atoms with van der Waals surface area (Å²) in [5.74, 6) is 0.770. The number of hydrogen-bond acceptors (Lipinski definition) is 3. The molecule has 1 amide bonds. The lowest BCUT2D eigenvalue weighted by Gasteiger charge is -2.17. The summed E-state index contributed by atoms with van der Waals surface area (Å²) in [7, 11) is 0. The van der Waals surface area contributed by atoms with Crippen LogP contribution in [0.15, 0.2) is 81.9 Å². The Morgan fingerprint density at radius 3 is 2.62 bits per heavy atom. The topological polar surface area (TPSA) is 42.2 Å². The number of fused-ring (bicyclic) bond motifs is 1. The van der Waals surface area contributed by atoms with Crippen molar-refractivity contribution in [3.8, 4) is 0 Å². The number of nitrogens with one attached hydrogen (secondary N) is 1. The first kappa shape index (κ1) is 16.6. The van der Waals surface area contributed by atoms with E-state index in [0.29, 0.717) is 6.42 Å². The smallest absolute Gasteiger partial charge is 0.221 e. The van der Waals surface area contributed by atoms with Gasteiger partial charge in [-0.25, -0.2) is 0 Å². The molecule has 3 nitrogen and oxygen atoms in total. The fourth-order valence-corrected chi connectivity index (χ4v) is 3.74. The highest BCUT2D eigenvalue weighted by Crippen LogP contribution is 2.28. The van der Waals surface area contributed by atoms with Crippen molar-refractivity contribution in [2.45, 2.75) is 18.9 Å². The van der Waals surface area contributed by atoms with Gasteiger partial charge in [0.2, 0.25) is 5.91 Å². The Kier molecular flexibility index (Phi) is 4.84. The molecule has 26 heavy (non-hydrogen) atoms. The number of aryl methyl sites for hydroxylation is 1. The molecule has 2 heterocycles. The van der Waals surface area contributed by atoms with E-state index < -0.39 is 0 Å². The van der Waals surface area contributed by atoms with Gasteiger partial charge >= 0.3 is 0 Å². The van der Waals surface area contributed by atoms with Gasteiger partial charge in [-0.1, -0.05) is 48.5 Å². The van der Waals surface area contributed by atoms with Crippen molar-refractivity contribution in [1.29, 1.82) is 0 Å². The molecule has 0 aliphatic carbocycles. The molecule has 0 aliphatic rings. The summed E-state index contributed by atoms with van der Waals surface area (Å²) in [4.78, 5) is 12.6. The quantitative estimate of drug-likeness (QED) is 0.504. The summed E-state index contributed by atoms with van der Waals surface area (Å²) in [6.07, 6.45) is 1.21. The van der Waals surface area contributed by atoms with Crippen LogP contribution >= 0.6 is 11.3 Å². The van der Waals surface area contributed by atoms with E-state index in [1.165, 1.54) is 5.56 Å². The Bertz CT molecular complexity index is 956. The molecule has 4 aromatic rings. The lowest BCUT2D eigenvalue weighted by Crippen LogP contribution is -2.29. The van der Waals surface area contributed by atoms with Gasteiger partial charge in [0.1, 0.15) is 17.4 Å². The largest absolute Gasteiger partial charge is 0.459 e. The van der Waals surface area contributed by atoms with Crippen LogP contribution in [0, 0.1) is 0 Å². The average Bonchev–Trinajstić information content (AvgIpc) is 3.34. The van der Waals surface area contributed by atoms with Crippen molar-refractivity contribution in [2.24, 2.45) is 0 Å². The third-order valence-electron chi connectivity index (χ3n) is 4.39. The van der Waals surface area contributed by atoms with Crippen molar-refractivity contribution in [3.63, 3.8) is 0 Å². The van der Waals surface area contributed by atoms with E-state index in [0.717, 1.165) is 28.7 Å². The summed E-state index contributed by atoms with van der Waals surface area (Å²) in [5, 5.41) is 8.30. The van der Waals surface area contributed by atoms with Gasteiger partial charge in [0.15, 0.2) is 0 Å². The lowest BCUT2D eigenvalue weighted by atomic mass is 10.0. The molecule has 0 saturated heterocycles. The van der Waals surface area contributed by atoms with E-state index in [-0.39, 0.29) is 11.9 Å². The number of carbonyl (C=O) groups excluding carboxylic acids is 1. The predicted molar refractivity (Wildman–Crippen MR) is 105 cm³/mol. The maximum atomic E-state index is 12.6. The van der Waals surface area contributed by atoms with Gasteiger partial charge in [-0.2, -0.15) is 11.3 Å². The van der Waals surface area contributed by atoms with Crippen molar-refractivity contribution >= 4 is 28.2 Å². The van der Waals surface area contributed by atoms with Gasteiger partial charge in [-0.3, -0.25) is 4.79 Å². The molecule has 0 bridgehead atoms. The molecule has 2 aromatic carbocycles. The highest BCUT2D eigenvalue weighted by Gasteiger charge is 2.20. The Hall–Kier alpha value is -2.85. The van der Waals surface area contributed by atoms with Gasteiger partial charge in [-0.15, -0.1) is 0 Å². The number of para-hydroxylation sites is 1. The number of amides is 1. The Morgan fingerprint density at radius 2 is 1.85 bits per heavy atom. The monoisotopic (exact) mass is 361 g/mol. The molecular formula is C22H19NO2S. The summed E-state index contributed by atoms with van der Waals surface area (Å²) in [6.45, 7) is 0. The van der Waals surface area contributed by atoms with Crippen LogP contribution in [0.2, 0.25) is 0 Å². The second-order valence-corrected chi connectivity index (χ2v) is 7.01. The zero-order chi connectivity index (χ0) is 17.8. The number of carbonyl (C=O) groups is 1. The molecule has 0 aliphatic heterocycles. The minimum atomic E-state index is -0.293. The highest BCUT2D eigenvalue weighted by atomic mass is 32.1. The van der Waals surface area contributed by atoms with Gasteiger partial charge in [0, 0.05) is 11.8 Å². The third kappa shape index (κ3) is 3.70.